The topological polar surface area (TPSA) is 42.4 Å². The van der Waals surface area contributed by atoms with Gasteiger partial charge in [0, 0.05) is 22.7 Å². The second-order valence-corrected chi connectivity index (χ2v) is 5.93. The third-order valence-electron chi connectivity index (χ3n) is 3.45. The molecular formula is C15H17BrN2O. The summed E-state index contributed by atoms with van der Waals surface area (Å²) in [5, 5.41) is 0. The van der Waals surface area contributed by atoms with Crippen LogP contribution in [0.5, 0.6) is 0 Å². The largest absolute Gasteiger partial charge is 0.468 e. The fourth-order valence-corrected chi connectivity index (χ4v) is 2.53. The van der Waals surface area contributed by atoms with Crippen molar-refractivity contribution in [2.24, 2.45) is 0 Å². The Morgan fingerprint density at radius 1 is 1.26 bits per heavy atom. The summed E-state index contributed by atoms with van der Waals surface area (Å²) in [5.74, 6) is 1.02. The van der Waals surface area contributed by atoms with Gasteiger partial charge < -0.3 is 10.2 Å². The molecule has 1 saturated carbocycles. The SMILES string of the molecule is Nc1cc(CN(Cc2ccco2)C2CC2)ccc1Br. The van der Waals surface area contributed by atoms with Crippen LogP contribution in [0.2, 0.25) is 0 Å². The van der Waals surface area contributed by atoms with Crippen LogP contribution in [-0.4, -0.2) is 10.9 Å². The Labute approximate surface area is 121 Å². The molecule has 2 N–H and O–H groups in total. The number of hydrogen-bond acceptors (Lipinski definition) is 3. The Balaban J connectivity index is 1.72. The Morgan fingerprint density at radius 2 is 2.11 bits per heavy atom. The molecule has 1 heterocycles. The maximum absolute atomic E-state index is 5.94. The third kappa shape index (κ3) is 3.19. The first-order valence-electron chi connectivity index (χ1n) is 6.53. The van der Waals surface area contributed by atoms with Gasteiger partial charge in [0.1, 0.15) is 5.76 Å². The lowest BCUT2D eigenvalue weighted by atomic mass is 10.2. The van der Waals surface area contributed by atoms with Crippen molar-refractivity contribution < 1.29 is 4.42 Å². The van der Waals surface area contributed by atoms with Crippen molar-refractivity contribution in [2.45, 2.75) is 32.0 Å². The molecule has 1 aliphatic rings. The van der Waals surface area contributed by atoms with E-state index in [1.807, 2.05) is 24.3 Å². The number of nitrogens with zero attached hydrogens (tertiary/aromatic N) is 1. The van der Waals surface area contributed by atoms with Crippen molar-refractivity contribution in [1.82, 2.24) is 4.90 Å². The molecule has 3 nitrogen and oxygen atoms in total. The Bertz CT molecular complexity index is 549. The molecule has 0 spiro atoms. The first-order valence-corrected chi connectivity index (χ1v) is 7.32. The standard InChI is InChI=1S/C15H17BrN2O/c16-14-6-3-11(8-15(14)17)9-18(12-4-5-12)10-13-2-1-7-19-13/h1-3,6-8,12H,4-5,9-10,17H2. The minimum absolute atomic E-state index is 0.690. The quantitative estimate of drug-likeness (QED) is 0.852. The summed E-state index contributed by atoms with van der Waals surface area (Å²) < 4.78 is 6.41. The number of benzene rings is 1. The van der Waals surface area contributed by atoms with Crippen LogP contribution < -0.4 is 5.73 Å². The molecule has 1 aromatic carbocycles. The van der Waals surface area contributed by atoms with Crippen LogP contribution >= 0.6 is 15.9 Å². The predicted molar refractivity (Wildman–Crippen MR) is 79.5 cm³/mol. The van der Waals surface area contributed by atoms with E-state index in [0.717, 1.165) is 29.0 Å². The van der Waals surface area contributed by atoms with Crippen LogP contribution in [0.3, 0.4) is 0 Å². The minimum atomic E-state index is 0.690. The van der Waals surface area contributed by atoms with E-state index in [2.05, 4.69) is 26.9 Å². The van der Waals surface area contributed by atoms with E-state index >= 15 is 0 Å². The van der Waals surface area contributed by atoms with Crippen molar-refractivity contribution in [3.05, 3.63) is 52.4 Å². The van der Waals surface area contributed by atoms with Gasteiger partial charge in [-0.3, -0.25) is 4.90 Å². The molecule has 0 saturated heterocycles. The number of rotatable bonds is 5. The average molecular weight is 321 g/mol. The first-order chi connectivity index (χ1) is 9.22. The van der Waals surface area contributed by atoms with Gasteiger partial charge in [-0.25, -0.2) is 0 Å². The van der Waals surface area contributed by atoms with E-state index in [9.17, 15) is 0 Å². The maximum Gasteiger partial charge on any atom is 0.117 e. The van der Waals surface area contributed by atoms with Crippen molar-refractivity contribution >= 4 is 21.6 Å². The lowest BCUT2D eigenvalue weighted by Crippen LogP contribution is -2.24. The Hall–Kier alpha value is -1.26. The molecule has 19 heavy (non-hydrogen) atoms. The van der Waals surface area contributed by atoms with Gasteiger partial charge >= 0.3 is 0 Å². The summed E-state index contributed by atoms with van der Waals surface area (Å²) in [6, 6.07) is 10.8. The van der Waals surface area contributed by atoms with Gasteiger partial charge in [-0.15, -0.1) is 0 Å². The van der Waals surface area contributed by atoms with E-state index in [-0.39, 0.29) is 0 Å². The van der Waals surface area contributed by atoms with Crippen molar-refractivity contribution in [3.63, 3.8) is 0 Å². The van der Waals surface area contributed by atoms with Crippen LogP contribution in [0.1, 0.15) is 24.2 Å². The lowest BCUT2D eigenvalue weighted by molar-refractivity contribution is 0.225. The summed E-state index contributed by atoms with van der Waals surface area (Å²) in [6.07, 6.45) is 4.30. The number of anilines is 1. The van der Waals surface area contributed by atoms with Crippen molar-refractivity contribution in [2.75, 3.05) is 5.73 Å². The monoisotopic (exact) mass is 320 g/mol. The average Bonchev–Trinajstić information content (AvgIpc) is 3.12. The van der Waals surface area contributed by atoms with Gasteiger partial charge in [-0.2, -0.15) is 0 Å². The van der Waals surface area contributed by atoms with E-state index in [1.165, 1.54) is 18.4 Å². The predicted octanol–water partition coefficient (Wildman–Crippen LogP) is 3.79. The zero-order valence-corrected chi connectivity index (χ0v) is 12.3. The van der Waals surface area contributed by atoms with Crippen LogP contribution in [0.15, 0.2) is 45.5 Å². The van der Waals surface area contributed by atoms with E-state index < -0.39 is 0 Å². The minimum Gasteiger partial charge on any atom is -0.468 e. The highest BCUT2D eigenvalue weighted by molar-refractivity contribution is 9.10. The number of hydrogen-bond donors (Lipinski definition) is 1. The normalized spacial score (nSPS) is 15.1. The number of nitrogen functional groups attached to an aromatic ring is 1. The van der Waals surface area contributed by atoms with Crippen LogP contribution in [0, 0.1) is 0 Å². The fourth-order valence-electron chi connectivity index (χ4n) is 2.28. The molecule has 3 rings (SSSR count). The molecule has 0 atom stereocenters. The van der Waals surface area contributed by atoms with E-state index in [1.54, 1.807) is 6.26 Å². The zero-order chi connectivity index (χ0) is 13.2. The molecule has 2 aromatic rings. The van der Waals surface area contributed by atoms with Crippen LogP contribution in [0.25, 0.3) is 0 Å². The number of halogens is 1. The van der Waals surface area contributed by atoms with Crippen molar-refractivity contribution in [1.29, 1.82) is 0 Å². The smallest absolute Gasteiger partial charge is 0.117 e. The zero-order valence-electron chi connectivity index (χ0n) is 10.7. The molecule has 1 aliphatic carbocycles. The molecule has 1 aromatic heterocycles. The van der Waals surface area contributed by atoms with Gasteiger partial charge in [0.15, 0.2) is 0 Å². The van der Waals surface area contributed by atoms with Crippen molar-refractivity contribution in [3.8, 4) is 0 Å². The molecular weight excluding hydrogens is 304 g/mol. The highest BCUT2D eigenvalue weighted by atomic mass is 79.9. The molecule has 100 valence electrons. The molecule has 1 fully saturated rings. The molecule has 0 bridgehead atoms. The number of nitrogens with two attached hydrogens (primary N) is 1. The van der Waals surface area contributed by atoms with Gasteiger partial charge in [-0.1, -0.05) is 6.07 Å². The van der Waals surface area contributed by atoms with Gasteiger partial charge in [-0.05, 0) is 58.6 Å². The maximum atomic E-state index is 5.94. The first kappa shape index (κ1) is 12.8. The van der Waals surface area contributed by atoms with Gasteiger partial charge in [0.2, 0.25) is 0 Å². The van der Waals surface area contributed by atoms with Gasteiger partial charge in [0.05, 0.1) is 12.8 Å². The molecule has 0 unspecified atom stereocenters. The van der Waals surface area contributed by atoms with Crippen LogP contribution in [0.4, 0.5) is 5.69 Å². The fraction of sp³-hybridized carbons (Fsp3) is 0.333. The molecule has 0 aliphatic heterocycles. The highest BCUT2D eigenvalue weighted by Crippen LogP contribution is 2.30. The van der Waals surface area contributed by atoms with Crippen LogP contribution in [-0.2, 0) is 13.1 Å². The summed E-state index contributed by atoms with van der Waals surface area (Å²) in [7, 11) is 0. The highest BCUT2D eigenvalue weighted by Gasteiger charge is 2.29. The Morgan fingerprint density at radius 3 is 2.74 bits per heavy atom. The molecule has 0 radical (unpaired) electrons. The second-order valence-electron chi connectivity index (χ2n) is 5.07. The second kappa shape index (κ2) is 5.39. The summed E-state index contributed by atoms with van der Waals surface area (Å²) in [4.78, 5) is 2.46. The summed E-state index contributed by atoms with van der Waals surface area (Å²) in [6.45, 7) is 1.79. The summed E-state index contributed by atoms with van der Waals surface area (Å²) in [5.41, 5.74) is 7.99. The lowest BCUT2D eigenvalue weighted by Gasteiger charge is -2.21. The number of furan rings is 1. The summed E-state index contributed by atoms with van der Waals surface area (Å²) >= 11 is 3.43. The molecule has 0 amide bonds. The molecule has 4 heteroatoms. The van der Waals surface area contributed by atoms with E-state index in [0.29, 0.717) is 6.04 Å². The van der Waals surface area contributed by atoms with Gasteiger partial charge in [0.25, 0.3) is 0 Å². The third-order valence-corrected chi connectivity index (χ3v) is 4.17. The Kier molecular flexibility index (Phi) is 3.62. The van der Waals surface area contributed by atoms with E-state index in [4.69, 9.17) is 10.2 Å².